The van der Waals surface area contributed by atoms with Crippen LogP contribution in [-0.2, 0) is 13.1 Å². The first-order chi connectivity index (χ1) is 9.86. The van der Waals surface area contributed by atoms with Gasteiger partial charge in [0.2, 0.25) is 0 Å². The fraction of sp³-hybridized carbons (Fsp3) is 0.353. The van der Waals surface area contributed by atoms with Crippen LogP contribution in [0.5, 0.6) is 5.75 Å². The van der Waals surface area contributed by atoms with Crippen LogP contribution in [-0.4, -0.2) is 23.0 Å². The zero-order valence-corrected chi connectivity index (χ0v) is 11.8. The Hall–Kier alpha value is -1.87. The third-order valence-electron chi connectivity index (χ3n) is 3.76. The fourth-order valence-corrected chi connectivity index (χ4v) is 2.53. The number of methoxy groups -OCH3 is 1. The van der Waals surface area contributed by atoms with Crippen LogP contribution in [0.15, 0.2) is 48.8 Å². The summed E-state index contributed by atoms with van der Waals surface area (Å²) in [6.45, 7) is 1.92. The third-order valence-corrected chi connectivity index (χ3v) is 3.76. The molecule has 0 amide bonds. The summed E-state index contributed by atoms with van der Waals surface area (Å²) in [5, 5.41) is 0. The van der Waals surface area contributed by atoms with Gasteiger partial charge < -0.3 is 4.74 Å². The largest absolute Gasteiger partial charge is 0.496 e. The molecule has 0 unspecified atom stereocenters. The summed E-state index contributed by atoms with van der Waals surface area (Å²) in [7, 11) is 1.74. The Balaban J connectivity index is 1.74. The molecule has 3 rings (SSSR count). The molecule has 3 nitrogen and oxygen atoms in total. The van der Waals surface area contributed by atoms with Crippen molar-refractivity contribution in [3.63, 3.8) is 0 Å². The first kappa shape index (κ1) is 13.1. The zero-order valence-electron chi connectivity index (χ0n) is 11.8. The Morgan fingerprint density at radius 3 is 2.55 bits per heavy atom. The molecule has 0 saturated heterocycles. The van der Waals surface area contributed by atoms with Gasteiger partial charge in [-0.3, -0.25) is 9.88 Å². The molecule has 1 heterocycles. The molecule has 0 radical (unpaired) electrons. The lowest BCUT2D eigenvalue weighted by molar-refractivity contribution is 0.241. The molecule has 20 heavy (non-hydrogen) atoms. The molecule has 0 spiro atoms. The smallest absolute Gasteiger partial charge is 0.123 e. The van der Waals surface area contributed by atoms with E-state index in [0.29, 0.717) is 6.04 Å². The Morgan fingerprint density at radius 2 is 1.85 bits per heavy atom. The van der Waals surface area contributed by atoms with E-state index in [1.165, 1.54) is 24.0 Å². The summed E-state index contributed by atoms with van der Waals surface area (Å²) in [4.78, 5) is 6.62. The second-order valence-corrected chi connectivity index (χ2v) is 5.30. The molecular weight excluding hydrogens is 248 g/mol. The number of hydrogen-bond donors (Lipinski definition) is 0. The van der Waals surface area contributed by atoms with Gasteiger partial charge in [-0.25, -0.2) is 0 Å². The molecule has 2 aromatic rings. The molecule has 0 atom stereocenters. The van der Waals surface area contributed by atoms with Crippen LogP contribution in [0.4, 0.5) is 0 Å². The van der Waals surface area contributed by atoms with Crippen LogP contribution in [0.25, 0.3) is 0 Å². The minimum Gasteiger partial charge on any atom is -0.496 e. The van der Waals surface area contributed by atoms with Gasteiger partial charge in [0, 0.05) is 37.1 Å². The predicted octanol–water partition coefficient (Wildman–Crippen LogP) is 3.25. The lowest BCUT2D eigenvalue weighted by atomic mass is 10.1. The number of rotatable bonds is 6. The van der Waals surface area contributed by atoms with E-state index in [-0.39, 0.29) is 0 Å². The highest BCUT2D eigenvalue weighted by molar-refractivity contribution is 5.33. The molecule has 1 aromatic heterocycles. The van der Waals surface area contributed by atoms with Crippen LogP contribution in [0.2, 0.25) is 0 Å². The lowest BCUT2D eigenvalue weighted by Crippen LogP contribution is -2.25. The number of aromatic nitrogens is 1. The predicted molar refractivity (Wildman–Crippen MR) is 79.5 cm³/mol. The minimum atomic E-state index is 0.716. The van der Waals surface area contributed by atoms with Gasteiger partial charge in [-0.1, -0.05) is 18.2 Å². The van der Waals surface area contributed by atoms with Gasteiger partial charge in [-0.05, 0) is 36.6 Å². The summed E-state index contributed by atoms with van der Waals surface area (Å²) >= 11 is 0. The van der Waals surface area contributed by atoms with E-state index in [1.54, 1.807) is 7.11 Å². The van der Waals surface area contributed by atoms with E-state index in [2.05, 4.69) is 34.1 Å². The average Bonchev–Trinajstić information content (AvgIpc) is 3.33. The monoisotopic (exact) mass is 268 g/mol. The zero-order chi connectivity index (χ0) is 13.8. The second-order valence-electron chi connectivity index (χ2n) is 5.30. The maximum absolute atomic E-state index is 5.46. The van der Waals surface area contributed by atoms with Crippen LogP contribution in [0.3, 0.4) is 0 Å². The van der Waals surface area contributed by atoms with Crippen LogP contribution in [0.1, 0.15) is 24.0 Å². The van der Waals surface area contributed by atoms with Gasteiger partial charge in [0.1, 0.15) is 5.75 Å². The number of nitrogens with zero attached hydrogens (tertiary/aromatic N) is 2. The maximum Gasteiger partial charge on any atom is 0.123 e. The van der Waals surface area contributed by atoms with Crippen molar-refractivity contribution >= 4 is 0 Å². The molecule has 1 aliphatic rings. The van der Waals surface area contributed by atoms with Crippen molar-refractivity contribution in [2.24, 2.45) is 0 Å². The molecule has 0 N–H and O–H groups in total. The number of ether oxygens (including phenoxy) is 1. The number of hydrogen-bond acceptors (Lipinski definition) is 3. The highest BCUT2D eigenvalue weighted by Gasteiger charge is 2.29. The molecule has 1 aromatic carbocycles. The highest BCUT2D eigenvalue weighted by Crippen LogP contribution is 2.31. The van der Waals surface area contributed by atoms with E-state index in [1.807, 2.05) is 24.5 Å². The summed E-state index contributed by atoms with van der Waals surface area (Å²) in [5.74, 6) is 0.980. The van der Waals surface area contributed by atoms with Crippen LogP contribution < -0.4 is 4.74 Å². The van der Waals surface area contributed by atoms with Crippen LogP contribution >= 0.6 is 0 Å². The van der Waals surface area contributed by atoms with Crippen LogP contribution in [0, 0.1) is 0 Å². The molecule has 1 fully saturated rings. The molecule has 0 bridgehead atoms. The van der Waals surface area contributed by atoms with Gasteiger partial charge >= 0.3 is 0 Å². The summed E-state index contributed by atoms with van der Waals surface area (Å²) in [6.07, 6.45) is 6.34. The first-order valence-electron chi connectivity index (χ1n) is 7.11. The van der Waals surface area contributed by atoms with E-state index < -0.39 is 0 Å². The Kier molecular flexibility index (Phi) is 3.97. The van der Waals surface area contributed by atoms with E-state index in [0.717, 1.165) is 18.8 Å². The average molecular weight is 268 g/mol. The van der Waals surface area contributed by atoms with Gasteiger partial charge in [0.15, 0.2) is 0 Å². The normalized spacial score (nSPS) is 14.5. The van der Waals surface area contributed by atoms with E-state index in [4.69, 9.17) is 4.74 Å². The molecule has 1 saturated carbocycles. The van der Waals surface area contributed by atoms with Crippen molar-refractivity contribution in [2.75, 3.05) is 7.11 Å². The van der Waals surface area contributed by atoms with Crippen molar-refractivity contribution in [3.05, 3.63) is 59.9 Å². The number of para-hydroxylation sites is 1. The highest BCUT2D eigenvalue weighted by atomic mass is 16.5. The fourth-order valence-electron chi connectivity index (χ4n) is 2.53. The number of benzene rings is 1. The van der Waals surface area contributed by atoms with E-state index >= 15 is 0 Å². The van der Waals surface area contributed by atoms with Gasteiger partial charge in [0.05, 0.1) is 7.11 Å². The van der Waals surface area contributed by atoms with Gasteiger partial charge in [-0.15, -0.1) is 0 Å². The lowest BCUT2D eigenvalue weighted by Gasteiger charge is -2.23. The van der Waals surface area contributed by atoms with E-state index in [9.17, 15) is 0 Å². The number of pyridine rings is 1. The summed E-state index contributed by atoms with van der Waals surface area (Å²) < 4.78 is 5.46. The molecule has 1 aliphatic carbocycles. The van der Waals surface area contributed by atoms with Crippen molar-refractivity contribution in [3.8, 4) is 5.75 Å². The van der Waals surface area contributed by atoms with Crippen molar-refractivity contribution in [1.29, 1.82) is 0 Å². The Labute approximate surface area is 120 Å². The Bertz CT molecular complexity index is 552. The first-order valence-corrected chi connectivity index (χ1v) is 7.11. The van der Waals surface area contributed by atoms with Gasteiger partial charge in [-0.2, -0.15) is 0 Å². The van der Waals surface area contributed by atoms with Crippen molar-refractivity contribution in [1.82, 2.24) is 9.88 Å². The summed E-state index contributed by atoms with van der Waals surface area (Å²) in [5.41, 5.74) is 2.58. The molecular formula is C17H20N2O. The maximum atomic E-state index is 5.46. The molecule has 104 valence electrons. The molecule has 3 heteroatoms. The summed E-state index contributed by atoms with van der Waals surface area (Å²) in [6, 6.07) is 13.2. The van der Waals surface area contributed by atoms with Gasteiger partial charge in [0.25, 0.3) is 0 Å². The second kappa shape index (κ2) is 6.06. The van der Waals surface area contributed by atoms with Crippen molar-refractivity contribution < 1.29 is 4.74 Å². The SMILES string of the molecule is COc1ccccc1CN(Cc1ccncc1)C1CC1. The Morgan fingerprint density at radius 1 is 1.10 bits per heavy atom. The minimum absolute atomic E-state index is 0.716. The van der Waals surface area contributed by atoms with Crippen molar-refractivity contribution in [2.45, 2.75) is 32.0 Å². The molecule has 0 aliphatic heterocycles. The standard InChI is InChI=1S/C17H20N2O/c1-20-17-5-3-2-4-15(17)13-19(16-6-7-16)12-14-8-10-18-11-9-14/h2-5,8-11,16H,6-7,12-13H2,1H3. The quantitative estimate of drug-likeness (QED) is 0.804. The third kappa shape index (κ3) is 3.17. The topological polar surface area (TPSA) is 25.4 Å².